The predicted octanol–water partition coefficient (Wildman–Crippen LogP) is 4.45. The molecule has 4 heteroatoms. The minimum absolute atomic E-state index is 0.134. The summed E-state index contributed by atoms with van der Waals surface area (Å²) in [5, 5.41) is 6.52. The van der Waals surface area contributed by atoms with Gasteiger partial charge in [-0.1, -0.05) is 55.5 Å². The van der Waals surface area contributed by atoms with Crippen LogP contribution in [-0.2, 0) is 6.54 Å². The molecule has 1 aromatic carbocycles. The highest BCUT2D eigenvalue weighted by molar-refractivity contribution is 5.93. The molecular formula is C21H27N3O. The van der Waals surface area contributed by atoms with Gasteiger partial charge in [0.25, 0.3) is 5.91 Å². The largest absolute Gasteiger partial charge is 0.382 e. The van der Waals surface area contributed by atoms with E-state index in [2.05, 4.69) is 34.7 Å². The molecule has 132 valence electrons. The van der Waals surface area contributed by atoms with Crippen molar-refractivity contribution in [2.75, 3.05) is 5.32 Å². The second-order valence-electron chi connectivity index (χ2n) is 6.93. The van der Waals surface area contributed by atoms with E-state index in [0.29, 0.717) is 18.3 Å². The molecule has 2 aromatic rings. The van der Waals surface area contributed by atoms with E-state index in [1.165, 1.54) is 44.1 Å². The second-order valence-corrected chi connectivity index (χ2v) is 6.93. The highest BCUT2D eigenvalue weighted by Crippen LogP contribution is 2.21. The number of anilines is 1. The molecule has 0 unspecified atom stereocenters. The molecule has 1 aromatic heterocycles. The Morgan fingerprint density at radius 3 is 2.52 bits per heavy atom. The Morgan fingerprint density at radius 2 is 1.80 bits per heavy atom. The number of nitrogens with zero attached hydrogens (tertiary/aromatic N) is 1. The zero-order valence-corrected chi connectivity index (χ0v) is 14.9. The first-order chi connectivity index (χ1) is 12.2. The van der Waals surface area contributed by atoms with Gasteiger partial charge in [-0.15, -0.1) is 0 Å². The second kappa shape index (κ2) is 8.65. The number of hydrogen-bond acceptors (Lipinski definition) is 3. The Hall–Kier alpha value is -2.36. The third-order valence-corrected chi connectivity index (χ3v) is 4.79. The van der Waals surface area contributed by atoms with Crippen LogP contribution in [0.1, 0.15) is 60.1 Å². The lowest BCUT2D eigenvalue weighted by Gasteiger charge is -2.17. The van der Waals surface area contributed by atoms with Crippen LogP contribution in [0.2, 0.25) is 0 Å². The number of rotatable bonds is 5. The van der Waals surface area contributed by atoms with Crippen molar-refractivity contribution < 1.29 is 4.79 Å². The Kier molecular flexibility index (Phi) is 6.04. The number of carbonyl (C=O) groups excluding carboxylic acids is 1. The molecule has 1 heterocycles. The first-order valence-corrected chi connectivity index (χ1v) is 9.27. The van der Waals surface area contributed by atoms with Crippen LogP contribution in [-0.4, -0.2) is 16.9 Å². The maximum atomic E-state index is 12.4. The summed E-state index contributed by atoms with van der Waals surface area (Å²) in [6.07, 6.45) is 9.36. The van der Waals surface area contributed by atoms with Crippen molar-refractivity contribution in [1.29, 1.82) is 0 Å². The van der Waals surface area contributed by atoms with Gasteiger partial charge in [-0.25, -0.2) is 0 Å². The SMILES string of the molecule is Cc1ccc(CNC(=O)c2cc(NC3CCCCCC3)ccn2)cc1. The van der Waals surface area contributed by atoms with Crippen LogP contribution in [0.15, 0.2) is 42.6 Å². The van der Waals surface area contributed by atoms with Gasteiger partial charge in [-0.05, 0) is 37.5 Å². The maximum Gasteiger partial charge on any atom is 0.270 e. The Labute approximate surface area is 150 Å². The summed E-state index contributed by atoms with van der Waals surface area (Å²) in [5.74, 6) is -0.134. The van der Waals surface area contributed by atoms with Crippen LogP contribution in [0.25, 0.3) is 0 Å². The van der Waals surface area contributed by atoms with Gasteiger partial charge in [-0.2, -0.15) is 0 Å². The summed E-state index contributed by atoms with van der Waals surface area (Å²) >= 11 is 0. The number of hydrogen-bond donors (Lipinski definition) is 2. The lowest BCUT2D eigenvalue weighted by atomic mass is 10.1. The Morgan fingerprint density at radius 1 is 1.08 bits per heavy atom. The summed E-state index contributed by atoms with van der Waals surface area (Å²) in [4.78, 5) is 16.6. The lowest BCUT2D eigenvalue weighted by molar-refractivity contribution is 0.0946. The fraction of sp³-hybridized carbons (Fsp3) is 0.429. The summed E-state index contributed by atoms with van der Waals surface area (Å²) in [6, 6.07) is 12.5. The van der Waals surface area contributed by atoms with Gasteiger partial charge in [0.05, 0.1) is 0 Å². The molecule has 0 radical (unpaired) electrons. The molecule has 1 saturated carbocycles. The standard InChI is InChI=1S/C21H27N3O/c1-16-8-10-17(11-9-16)15-23-21(25)20-14-19(12-13-22-20)24-18-6-4-2-3-5-7-18/h8-14,18H,2-7,15H2,1H3,(H,22,24)(H,23,25). The molecule has 0 atom stereocenters. The van der Waals surface area contributed by atoms with Crippen molar-refractivity contribution in [3.8, 4) is 0 Å². The molecular weight excluding hydrogens is 310 g/mol. The van der Waals surface area contributed by atoms with Crippen molar-refractivity contribution in [3.63, 3.8) is 0 Å². The van der Waals surface area contributed by atoms with Crippen LogP contribution in [0.4, 0.5) is 5.69 Å². The Balaban J connectivity index is 1.58. The fourth-order valence-electron chi connectivity index (χ4n) is 3.28. The number of nitrogens with one attached hydrogen (secondary N) is 2. The van der Waals surface area contributed by atoms with Gasteiger partial charge in [0.1, 0.15) is 5.69 Å². The van der Waals surface area contributed by atoms with Gasteiger partial charge >= 0.3 is 0 Å². The van der Waals surface area contributed by atoms with Crippen LogP contribution in [0, 0.1) is 6.92 Å². The van der Waals surface area contributed by atoms with E-state index in [1.807, 2.05) is 24.3 Å². The van der Waals surface area contributed by atoms with Crippen molar-refractivity contribution in [2.24, 2.45) is 0 Å². The summed E-state index contributed by atoms with van der Waals surface area (Å²) in [6.45, 7) is 2.57. The molecule has 0 aliphatic heterocycles. The molecule has 0 spiro atoms. The first kappa shape index (κ1) is 17.5. The van der Waals surface area contributed by atoms with Crippen molar-refractivity contribution >= 4 is 11.6 Å². The fourth-order valence-corrected chi connectivity index (χ4v) is 3.28. The predicted molar refractivity (Wildman–Crippen MR) is 102 cm³/mol. The minimum Gasteiger partial charge on any atom is -0.382 e. The Bertz CT molecular complexity index is 689. The number of aromatic nitrogens is 1. The van der Waals surface area contributed by atoms with Crippen LogP contribution < -0.4 is 10.6 Å². The average Bonchev–Trinajstić information content (AvgIpc) is 2.90. The molecule has 1 aliphatic rings. The van der Waals surface area contributed by atoms with E-state index >= 15 is 0 Å². The minimum atomic E-state index is -0.134. The highest BCUT2D eigenvalue weighted by Gasteiger charge is 2.13. The van der Waals surface area contributed by atoms with Crippen molar-refractivity contribution in [1.82, 2.24) is 10.3 Å². The van der Waals surface area contributed by atoms with E-state index < -0.39 is 0 Å². The van der Waals surface area contributed by atoms with Gasteiger partial charge in [0.15, 0.2) is 0 Å². The van der Waals surface area contributed by atoms with Gasteiger partial charge < -0.3 is 10.6 Å². The number of benzene rings is 1. The van der Waals surface area contributed by atoms with Gasteiger partial charge in [0.2, 0.25) is 0 Å². The van der Waals surface area contributed by atoms with Crippen molar-refractivity contribution in [2.45, 2.75) is 58.0 Å². The van der Waals surface area contributed by atoms with Gasteiger partial charge in [0, 0.05) is 24.5 Å². The van der Waals surface area contributed by atoms with Crippen molar-refractivity contribution in [3.05, 3.63) is 59.4 Å². The average molecular weight is 337 g/mol. The van der Waals surface area contributed by atoms with Crippen LogP contribution >= 0.6 is 0 Å². The summed E-state index contributed by atoms with van der Waals surface area (Å²) in [7, 11) is 0. The number of pyridine rings is 1. The first-order valence-electron chi connectivity index (χ1n) is 9.27. The number of aryl methyl sites for hydroxylation is 1. The summed E-state index contributed by atoms with van der Waals surface area (Å²) < 4.78 is 0. The normalized spacial score (nSPS) is 15.4. The van der Waals surface area contributed by atoms with E-state index in [4.69, 9.17) is 0 Å². The smallest absolute Gasteiger partial charge is 0.270 e. The monoisotopic (exact) mass is 337 g/mol. The third-order valence-electron chi connectivity index (χ3n) is 4.79. The molecule has 3 rings (SSSR count). The topological polar surface area (TPSA) is 54.0 Å². The molecule has 1 amide bonds. The summed E-state index contributed by atoms with van der Waals surface area (Å²) in [5.41, 5.74) is 3.76. The molecule has 1 aliphatic carbocycles. The molecule has 1 fully saturated rings. The van der Waals surface area contributed by atoms with Crippen LogP contribution in [0.3, 0.4) is 0 Å². The van der Waals surface area contributed by atoms with E-state index in [9.17, 15) is 4.79 Å². The van der Waals surface area contributed by atoms with Crippen LogP contribution in [0.5, 0.6) is 0 Å². The van der Waals surface area contributed by atoms with E-state index in [1.54, 1.807) is 6.20 Å². The lowest BCUT2D eigenvalue weighted by Crippen LogP contribution is -2.24. The van der Waals surface area contributed by atoms with E-state index in [0.717, 1.165) is 11.3 Å². The maximum absolute atomic E-state index is 12.4. The molecule has 25 heavy (non-hydrogen) atoms. The molecule has 2 N–H and O–H groups in total. The highest BCUT2D eigenvalue weighted by atomic mass is 16.1. The van der Waals surface area contributed by atoms with E-state index in [-0.39, 0.29) is 5.91 Å². The number of carbonyl (C=O) groups is 1. The zero-order chi connectivity index (χ0) is 17.5. The number of amides is 1. The molecule has 4 nitrogen and oxygen atoms in total. The molecule has 0 saturated heterocycles. The molecule has 0 bridgehead atoms. The third kappa shape index (κ3) is 5.31. The van der Waals surface area contributed by atoms with Gasteiger partial charge in [-0.3, -0.25) is 9.78 Å². The quantitative estimate of drug-likeness (QED) is 0.792. The zero-order valence-electron chi connectivity index (χ0n) is 14.9.